The van der Waals surface area contributed by atoms with Crippen LogP contribution in [0.1, 0.15) is 10.5 Å². The van der Waals surface area contributed by atoms with Crippen molar-refractivity contribution in [2.75, 3.05) is 7.11 Å². The van der Waals surface area contributed by atoms with Gasteiger partial charge in [-0.25, -0.2) is 9.07 Å². The number of nitrogens with zero attached hydrogens (tertiary/aromatic N) is 3. The monoisotopic (exact) mass is 297 g/mol. The summed E-state index contributed by atoms with van der Waals surface area (Å²) in [6, 6.07) is 13.2. The largest absolute Gasteiger partial charge is 0.497 e. The molecule has 0 saturated heterocycles. The molecule has 0 N–H and O–H groups in total. The molecule has 0 saturated carbocycles. The van der Waals surface area contributed by atoms with Gasteiger partial charge < -0.3 is 4.74 Å². The van der Waals surface area contributed by atoms with Crippen molar-refractivity contribution in [1.29, 1.82) is 0 Å². The summed E-state index contributed by atoms with van der Waals surface area (Å²) in [5.41, 5.74) is 1.50. The lowest BCUT2D eigenvalue weighted by molar-refractivity contribution is 0.111. The highest BCUT2D eigenvalue weighted by atomic mass is 19.1. The average Bonchev–Trinajstić information content (AvgIpc) is 2.99. The number of ether oxygens (including phenoxy) is 1. The van der Waals surface area contributed by atoms with E-state index in [1.165, 1.54) is 10.7 Å². The molecule has 6 heteroatoms. The smallest absolute Gasteiger partial charge is 0.172 e. The molecule has 2 aromatic carbocycles. The molecular formula is C16H12FN3O2. The van der Waals surface area contributed by atoms with Gasteiger partial charge in [0.2, 0.25) is 0 Å². The molecule has 0 radical (unpaired) electrons. The second kappa shape index (κ2) is 5.77. The van der Waals surface area contributed by atoms with E-state index in [1.54, 1.807) is 49.6 Å². The number of hydrogen-bond acceptors (Lipinski definition) is 4. The number of carbonyl (C=O) groups is 1. The minimum Gasteiger partial charge on any atom is -0.497 e. The fraction of sp³-hybridized carbons (Fsp3) is 0.0625. The molecule has 0 atom stereocenters. The highest BCUT2D eigenvalue weighted by Crippen LogP contribution is 2.27. The summed E-state index contributed by atoms with van der Waals surface area (Å²) in [4.78, 5) is 11.2. The lowest BCUT2D eigenvalue weighted by Crippen LogP contribution is -2.02. The van der Waals surface area contributed by atoms with Gasteiger partial charge in [0, 0.05) is 5.56 Å². The van der Waals surface area contributed by atoms with Gasteiger partial charge in [-0.05, 0) is 36.4 Å². The van der Waals surface area contributed by atoms with E-state index in [9.17, 15) is 9.18 Å². The fourth-order valence-corrected chi connectivity index (χ4v) is 2.18. The van der Waals surface area contributed by atoms with Crippen molar-refractivity contribution >= 4 is 6.29 Å². The molecule has 22 heavy (non-hydrogen) atoms. The van der Waals surface area contributed by atoms with Crippen LogP contribution >= 0.6 is 0 Å². The zero-order valence-corrected chi connectivity index (χ0v) is 11.7. The first-order valence-corrected chi connectivity index (χ1v) is 6.55. The van der Waals surface area contributed by atoms with E-state index in [0.29, 0.717) is 23.3 Å². The topological polar surface area (TPSA) is 57.0 Å². The molecule has 0 amide bonds. The molecule has 5 nitrogen and oxygen atoms in total. The number of methoxy groups -OCH3 is 1. The van der Waals surface area contributed by atoms with Crippen LogP contribution in [-0.4, -0.2) is 28.4 Å². The summed E-state index contributed by atoms with van der Waals surface area (Å²) in [5.74, 6) is 0.237. The Hall–Kier alpha value is -3.02. The van der Waals surface area contributed by atoms with Gasteiger partial charge in [-0.3, -0.25) is 4.79 Å². The predicted octanol–water partition coefficient (Wildman–Crippen LogP) is 2.89. The molecule has 0 unspecified atom stereocenters. The van der Waals surface area contributed by atoms with E-state index in [-0.39, 0.29) is 11.4 Å². The number of benzene rings is 2. The Kier molecular flexibility index (Phi) is 3.65. The molecule has 1 heterocycles. The van der Waals surface area contributed by atoms with E-state index < -0.39 is 5.82 Å². The summed E-state index contributed by atoms with van der Waals surface area (Å²) in [6.45, 7) is 0. The summed E-state index contributed by atoms with van der Waals surface area (Å²) in [6.07, 6.45) is 0.601. The van der Waals surface area contributed by atoms with E-state index in [2.05, 4.69) is 10.3 Å². The minimum atomic E-state index is -0.445. The summed E-state index contributed by atoms with van der Waals surface area (Å²) < 4.78 is 20.4. The van der Waals surface area contributed by atoms with E-state index in [1.807, 2.05) is 0 Å². The first kappa shape index (κ1) is 13.9. The van der Waals surface area contributed by atoms with Crippen molar-refractivity contribution in [3.05, 3.63) is 60.0 Å². The van der Waals surface area contributed by atoms with Crippen molar-refractivity contribution in [2.45, 2.75) is 0 Å². The molecule has 3 aromatic rings. The average molecular weight is 297 g/mol. The first-order valence-electron chi connectivity index (χ1n) is 6.55. The van der Waals surface area contributed by atoms with Crippen molar-refractivity contribution in [1.82, 2.24) is 15.0 Å². The highest BCUT2D eigenvalue weighted by molar-refractivity contribution is 5.84. The lowest BCUT2D eigenvalue weighted by Gasteiger charge is -2.08. The van der Waals surface area contributed by atoms with Crippen molar-refractivity contribution < 1.29 is 13.9 Å². The normalized spacial score (nSPS) is 10.5. The standard InChI is InChI=1S/C16H12FN3O2/c1-22-12-8-6-11(7-9-12)16-14(10-21)18-19-20(16)15-5-3-2-4-13(15)17/h2-10H,1H3. The Bertz CT molecular complexity index is 813. The van der Waals surface area contributed by atoms with Crippen LogP contribution in [0.3, 0.4) is 0 Å². The van der Waals surface area contributed by atoms with Gasteiger partial charge in [0.1, 0.15) is 22.9 Å². The summed E-state index contributed by atoms with van der Waals surface area (Å²) >= 11 is 0. The molecular weight excluding hydrogens is 285 g/mol. The van der Waals surface area contributed by atoms with Crippen LogP contribution < -0.4 is 4.74 Å². The van der Waals surface area contributed by atoms with E-state index >= 15 is 0 Å². The Morgan fingerprint density at radius 3 is 2.50 bits per heavy atom. The van der Waals surface area contributed by atoms with Gasteiger partial charge >= 0.3 is 0 Å². The van der Waals surface area contributed by atoms with Crippen LogP contribution in [0.25, 0.3) is 16.9 Å². The Morgan fingerprint density at radius 1 is 1.14 bits per heavy atom. The van der Waals surface area contributed by atoms with Gasteiger partial charge in [-0.2, -0.15) is 0 Å². The van der Waals surface area contributed by atoms with Gasteiger partial charge in [-0.1, -0.05) is 17.3 Å². The number of halogens is 1. The van der Waals surface area contributed by atoms with Crippen molar-refractivity contribution in [3.8, 4) is 22.7 Å². The lowest BCUT2D eigenvalue weighted by atomic mass is 10.1. The molecule has 0 spiro atoms. The maximum absolute atomic E-state index is 14.0. The van der Waals surface area contributed by atoms with Crippen LogP contribution in [0, 0.1) is 5.82 Å². The van der Waals surface area contributed by atoms with Crippen LogP contribution in [0.15, 0.2) is 48.5 Å². The number of aromatic nitrogens is 3. The van der Waals surface area contributed by atoms with E-state index in [4.69, 9.17) is 4.74 Å². The minimum absolute atomic E-state index is 0.147. The second-order valence-corrected chi connectivity index (χ2v) is 4.53. The van der Waals surface area contributed by atoms with Crippen LogP contribution in [-0.2, 0) is 0 Å². The third kappa shape index (κ3) is 2.35. The fourth-order valence-electron chi connectivity index (χ4n) is 2.18. The van der Waals surface area contributed by atoms with Crippen LogP contribution in [0.2, 0.25) is 0 Å². The molecule has 0 aliphatic carbocycles. The third-order valence-corrected chi connectivity index (χ3v) is 3.25. The van der Waals surface area contributed by atoms with Crippen molar-refractivity contribution in [2.24, 2.45) is 0 Å². The number of aldehydes is 1. The third-order valence-electron chi connectivity index (χ3n) is 3.25. The van der Waals surface area contributed by atoms with Gasteiger partial charge in [0.05, 0.1) is 7.11 Å². The molecule has 0 aliphatic heterocycles. The highest BCUT2D eigenvalue weighted by Gasteiger charge is 2.17. The molecule has 0 fully saturated rings. The SMILES string of the molecule is COc1ccc(-c2c(C=O)nnn2-c2ccccc2F)cc1. The van der Waals surface area contributed by atoms with Crippen molar-refractivity contribution in [3.63, 3.8) is 0 Å². The number of para-hydroxylation sites is 1. The van der Waals surface area contributed by atoms with E-state index in [0.717, 1.165) is 0 Å². The molecule has 0 bridgehead atoms. The van der Waals surface area contributed by atoms with Gasteiger partial charge in [-0.15, -0.1) is 5.10 Å². The Morgan fingerprint density at radius 2 is 1.86 bits per heavy atom. The number of rotatable bonds is 4. The molecule has 110 valence electrons. The van der Waals surface area contributed by atoms with Crippen LogP contribution in [0.5, 0.6) is 5.75 Å². The number of carbonyl (C=O) groups excluding carboxylic acids is 1. The predicted molar refractivity (Wildman–Crippen MR) is 78.7 cm³/mol. The summed E-state index contributed by atoms with van der Waals surface area (Å²) in [5, 5.41) is 7.72. The quantitative estimate of drug-likeness (QED) is 0.695. The molecule has 3 rings (SSSR count). The Balaban J connectivity index is 2.19. The van der Waals surface area contributed by atoms with Gasteiger partial charge in [0.25, 0.3) is 0 Å². The zero-order valence-electron chi connectivity index (χ0n) is 11.7. The maximum Gasteiger partial charge on any atom is 0.172 e. The second-order valence-electron chi connectivity index (χ2n) is 4.53. The van der Waals surface area contributed by atoms with Gasteiger partial charge in [0.15, 0.2) is 12.0 Å². The maximum atomic E-state index is 14.0. The summed E-state index contributed by atoms with van der Waals surface area (Å²) in [7, 11) is 1.57. The van der Waals surface area contributed by atoms with Crippen LogP contribution in [0.4, 0.5) is 4.39 Å². The zero-order chi connectivity index (χ0) is 15.5. The first-order chi connectivity index (χ1) is 10.7. The molecule has 0 aliphatic rings. The Labute approximate surface area is 126 Å². The number of hydrogen-bond donors (Lipinski definition) is 0. The molecule has 1 aromatic heterocycles.